The van der Waals surface area contributed by atoms with Crippen molar-refractivity contribution in [1.29, 1.82) is 0 Å². The van der Waals surface area contributed by atoms with Crippen LogP contribution in [-0.4, -0.2) is 37.2 Å². The maximum absolute atomic E-state index is 12.4. The zero-order valence-electron chi connectivity index (χ0n) is 11.0. The number of carbonyl (C=O) groups is 2. The van der Waals surface area contributed by atoms with E-state index in [9.17, 15) is 9.59 Å². The highest BCUT2D eigenvalue weighted by Crippen LogP contribution is 2.39. The van der Waals surface area contributed by atoms with E-state index in [1.165, 1.54) is 7.05 Å². The monoisotopic (exact) mass is 277 g/mol. The molecule has 3 amide bonds. The van der Waals surface area contributed by atoms with Crippen LogP contribution in [0.25, 0.3) is 0 Å². The van der Waals surface area contributed by atoms with E-state index >= 15 is 0 Å². The lowest BCUT2D eigenvalue weighted by molar-refractivity contribution is -0.130. The molecule has 2 heterocycles. The molecule has 1 fully saturated rings. The van der Waals surface area contributed by atoms with Crippen molar-refractivity contribution in [2.45, 2.75) is 12.0 Å². The number of likely N-dealkylation sites (N-methyl/N-ethyl adjacent to an activating group) is 1. The molecule has 7 nitrogen and oxygen atoms in total. The summed E-state index contributed by atoms with van der Waals surface area (Å²) >= 11 is 0. The van der Waals surface area contributed by atoms with E-state index in [0.717, 1.165) is 4.90 Å². The van der Waals surface area contributed by atoms with Gasteiger partial charge in [-0.25, -0.2) is 4.79 Å². The number of hydrogen-bond donors (Lipinski definition) is 2. The molecular formula is C13H15N3O4. The summed E-state index contributed by atoms with van der Waals surface area (Å²) in [5.74, 6) is 0.879. The van der Waals surface area contributed by atoms with Crippen molar-refractivity contribution in [3.63, 3.8) is 0 Å². The van der Waals surface area contributed by atoms with Crippen LogP contribution in [0.15, 0.2) is 18.2 Å². The number of urea groups is 1. The van der Waals surface area contributed by atoms with Gasteiger partial charge in [0.1, 0.15) is 5.54 Å². The molecule has 0 saturated carbocycles. The number of nitrogens with two attached hydrogens (primary N) is 1. The summed E-state index contributed by atoms with van der Waals surface area (Å²) in [5, 5.41) is 2.74. The molecule has 3 N–H and O–H groups in total. The standard InChI is InChI=1S/C13H15N3O4/c1-16-11(17)13(4-5-14,15-12(16)18)8-2-3-9-10(6-8)20-7-19-9/h2-3,6H,4-5,7,14H2,1H3,(H,15,18). The molecule has 7 heteroatoms. The normalized spacial score (nSPS) is 24.2. The summed E-state index contributed by atoms with van der Waals surface area (Å²) in [5.41, 5.74) is 5.14. The minimum Gasteiger partial charge on any atom is -0.454 e. The Hall–Kier alpha value is -2.28. The van der Waals surface area contributed by atoms with Crippen LogP contribution in [0.4, 0.5) is 4.79 Å². The first-order chi connectivity index (χ1) is 9.58. The minimum absolute atomic E-state index is 0.156. The van der Waals surface area contributed by atoms with Crippen molar-refractivity contribution in [3.05, 3.63) is 23.8 Å². The lowest BCUT2D eigenvalue weighted by Gasteiger charge is -2.26. The van der Waals surface area contributed by atoms with Crippen LogP contribution in [-0.2, 0) is 10.3 Å². The first-order valence-electron chi connectivity index (χ1n) is 6.29. The summed E-state index contributed by atoms with van der Waals surface area (Å²) in [6.45, 7) is 0.428. The summed E-state index contributed by atoms with van der Waals surface area (Å²) in [4.78, 5) is 25.3. The molecule has 2 aliphatic rings. The lowest BCUT2D eigenvalue weighted by atomic mass is 9.86. The van der Waals surface area contributed by atoms with E-state index in [4.69, 9.17) is 15.2 Å². The van der Waals surface area contributed by atoms with Crippen molar-refractivity contribution in [3.8, 4) is 11.5 Å². The third-order valence-electron chi connectivity index (χ3n) is 3.68. The van der Waals surface area contributed by atoms with Gasteiger partial charge < -0.3 is 20.5 Å². The molecule has 106 valence electrons. The van der Waals surface area contributed by atoms with Crippen LogP contribution in [0.3, 0.4) is 0 Å². The second-order valence-corrected chi connectivity index (χ2v) is 4.81. The van der Waals surface area contributed by atoms with Crippen molar-refractivity contribution in [2.75, 3.05) is 20.4 Å². The topological polar surface area (TPSA) is 93.9 Å². The van der Waals surface area contributed by atoms with Gasteiger partial charge in [0.2, 0.25) is 6.79 Å². The van der Waals surface area contributed by atoms with Gasteiger partial charge in [-0.1, -0.05) is 6.07 Å². The SMILES string of the molecule is CN1C(=O)NC(CCN)(c2ccc3c(c2)OCO3)C1=O. The molecule has 0 aromatic heterocycles. The van der Waals surface area contributed by atoms with Crippen LogP contribution in [0.2, 0.25) is 0 Å². The summed E-state index contributed by atoms with van der Waals surface area (Å²) in [6, 6.07) is 4.77. The van der Waals surface area contributed by atoms with E-state index in [0.29, 0.717) is 23.5 Å². The van der Waals surface area contributed by atoms with Gasteiger partial charge in [0, 0.05) is 7.05 Å². The van der Waals surface area contributed by atoms with E-state index < -0.39 is 11.6 Å². The molecule has 1 aromatic rings. The van der Waals surface area contributed by atoms with Crippen LogP contribution in [0.5, 0.6) is 11.5 Å². The zero-order chi connectivity index (χ0) is 14.3. The second-order valence-electron chi connectivity index (χ2n) is 4.81. The van der Waals surface area contributed by atoms with E-state index in [2.05, 4.69) is 5.32 Å². The first-order valence-corrected chi connectivity index (χ1v) is 6.29. The number of imide groups is 1. The van der Waals surface area contributed by atoms with Crippen LogP contribution in [0, 0.1) is 0 Å². The Labute approximate surface area is 115 Å². The van der Waals surface area contributed by atoms with Gasteiger partial charge in [-0.05, 0) is 30.7 Å². The molecule has 0 radical (unpaired) electrons. The maximum atomic E-state index is 12.4. The number of carbonyl (C=O) groups excluding carboxylic acids is 2. The Morgan fingerprint density at radius 3 is 2.75 bits per heavy atom. The molecule has 2 aliphatic heterocycles. The molecule has 20 heavy (non-hydrogen) atoms. The fourth-order valence-electron chi connectivity index (χ4n) is 2.59. The van der Waals surface area contributed by atoms with Gasteiger partial charge in [-0.2, -0.15) is 0 Å². The van der Waals surface area contributed by atoms with Gasteiger partial charge >= 0.3 is 6.03 Å². The Bertz CT molecular complexity index is 589. The van der Waals surface area contributed by atoms with Gasteiger partial charge in [0.05, 0.1) is 0 Å². The molecule has 0 spiro atoms. The van der Waals surface area contributed by atoms with E-state index in [-0.39, 0.29) is 19.2 Å². The zero-order valence-corrected chi connectivity index (χ0v) is 11.0. The molecule has 0 aliphatic carbocycles. The summed E-state index contributed by atoms with van der Waals surface area (Å²) in [6.07, 6.45) is 0.321. The highest BCUT2D eigenvalue weighted by atomic mass is 16.7. The Morgan fingerprint density at radius 2 is 2.10 bits per heavy atom. The predicted molar refractivity (Wildman–Crippen MR) is 69.2 cm³/mol. The van der Waals surface area contributed by atoms with Crippen LogP contribution >= 0.6 is 0 Å². The number of benzene rings is 1. The third kappa shape index (κ3) is 1.63. The number of rotatable bonds is 3. The number of nitrogens with one attached hydrogen (secondary N) is 1. The second kappa shape index (κ2) is 4.38. The van der Waals surface area contributed by atoms with Crippen molar-refractivity contribution in [2.24, 2.45) is 5.73 Å². The molecule has 1 saturated heterocycles. The van der Waals surface area contributed by atoms with Gasteiger partial charge in [0.15, 0.2) is 11.5 Å². The summed E-state index contributed by atoms with van der Waals surface area (Å²) < 4.78 is 10.6. The van der Waals surface area contributed by atoms with Gasteiger partial charge in [0.25, 0.3) is 5.91 Å². The van der Waals surface area contributed by atoms with E-state index in [1.807, 2.05) is 0 Å². The summed E-state index contributed by atoms with van der Waals surface area (Å²) in [7, 11) is 1.45. The third-order valence-corrected chi connectivity index (χ3v) is 3.68. The van der Waals surface area contributed by atoms with E-state index in [1.54, 1.807) is 18.2 Å². The largest absolute Gasteiger partial charge is 0.454 e. The Morgan fingerprint density at radius 1 is 1.35 bits per heavy atom. The Balaban J connectivity index is 2.07. The van der Waals surface area contributed by atoms with Crippen molar-refractivity contribution >= 4 is 11.9 Å². The molecular weight excluding hydrogens is 262 g/mol. The van der Waals surface area contributed by atoms with Crippen molar-refractivity contribution in [1.82, 2.24) is 10.2 Å². The quantitative estimate of drug-likeness (QED) is 0.766. The fourth-order valence-corrected chi connectivity index (χ4v) is 2.59. The average Bonchev–Trinajstić information content (AvgIpc) is 2.99. The minimum atomic E-state index is -1.12. The Kier molecular flexibility index (Phi) is 2.79. The van der Waals surface area contributed by atoms with Crippen LogP contribution < -0.4 is 20.5 Å². The first kappa shape index (κ1) is 12.7. The highest BCUT2D eigenvalue weighted by molar-refractivity contribution is 6.07. The average molecular weight is 277 g/mol. The number of fused-ring (bicyclic) bond motifs is 1. The molecule has 1 atom stereocenters. The predicted octanol–water partition coefficient (Wildman–Crippen LogP) is 0.141. The van der Waals surface area contributed by atoms with Crippen LogP contribution in [0.1, 0.15) is 12.0 Å². The molecule has 1 aromatic carbocycles. The van der Waals surface area contributed by atoms with Crippen molar-refractivity contribution < 1.29 is 19.1 Å². The number of amides is 3. The van der Waals surface area contributed by atoms with Gasteiger partial charge in [-0.3, -0.25) is 9.69 Å². The molecule has 1 unspecified atom stereocenters. The molecule has 3 rings (SSSR count). The lowest BCUT2D eigenvalue weighted by Crippen LogP contribution is -2.45. The maximum Gasteiger partial charge on any atom is 0.325 e. The number of nitrogens with zero attached hydrogens (tertiary/aromatic N) is 1. The molecule has 0 bridgehead atoms. The number of hydrogen-bond acceptors (Lipinski definition) is 5. The highest BCUT2D eigenvalue weighted by Gasteiger charge is 2.50. The number of ether oxygens (including phenoxy) is 2. The fraction of sp³-hybridized carbons (Fsp3) is 0.385. The van der Waals surface area contributed by atoms with Gasteiger partial charge in [-0.15, -0.1) is 0 Å². The smallest absolute Gasteiger partial charge is 0.325 e.